The molecule has 4 nitrogen and oxygen atoms in total. The Morgan fingerprint density at radius 2 is 1.95 bits per heavy atom. The molecule has 0 radical (unpaired) electrons. The molecule has 1 N–H and O–H groups in total. The van der Waals surface area contributed by atoms with Crippen LogP contribution in [0.3, 0.4) is 0 Å². The predicted octanol–water partition coefficient (Wildman–Crippen LogP) is 3.08. The summed E-state index contributed by atoms with van der Waals surface area (Å²) in [7, 11) is 3.54. The molecule has 1 amide bonds. The first kappa shape index (κ1) is 13.7. The van der Waals surface area contributed by atoms with Crippen LogP contribution in [-0.2, 0) is 7.05 Å². The minimum Gasteiger partial charge on any atom is -0.354 e. The van der Waals surface area contributed by atoms with Gasteiger partial charge in [0.15, 0.2) is 0 Å². The van der Waals surface area contributed by atoms with E-state index in [9.17, 15) is 4.79 Å². The summed E-state index contributed by atoms with van der Waals surface area (Å²) >= 11 is 1.56. The molecule has 2 aromatic heterocycles. The van der Waals surface area contributed by atoms with E-state index in [0.29, 0.717) is 5.69 Å². The monoisotopic (exact) mass is 297 g/mol. The fraction of sp³-hybridized carbons (Fsp3) is 0.125. The van der Waals surface area contributed by atoms with Gasteiger partial charge in [0.05, 0.1) is 10.4 Å². The Bertz CT molecular complexity index is 796. The normalized spacial score (nSPS) is 10.8. The van der Waals surface area contributed by atoms with Crippen LogP contribution in [0.4, 0.5) is 0 Å². The molecule has 3 rings (SSSR count). The Morgan fingerprint density at radius 3 is 2.67 bits per heavy atom. The molecule has 0 fully saturated rings. The van der Waals surface area contributed by atoms with Crippen molar-refractivity contribution in [2.24, 2.45) is 7.05 Å². The first-order valence-electron chi connectivity index (χ1n) is 6.60. The van der Waals surface area contributed by atoms with Gasteiger partial charge in [-0.05, 0) is 24.3 Å². The quantitative estimate of drug-likeness (QED) is 0.808. The number of carbonyl (C=O) groups excluding carboxylic acids is 1. The molecule has 0 spiro atoms. The molecule has 0 bridgehead atoms. The summed E-state index contributed by atoms with van der Waals surface area (Å²) in [6, 6.07) is 13.9. The van der Waals surface area contributed by atoms with Gasteiger partial charge in [-0.25, -0.2) is 0 Å². The fourth-order valence-corrected chi connectivity index (χ4v) is 3.41. The van der Waals surface area contributed by atoms with E-state index >= 15 is 0 Å². The Balaban J connectivity index is 2.21. The SMILES string of the molecule is CNC(=O)c1c(Sc2ccccc2)c2ncccc2n1C. The third kappa shape index (κ3) is 2.40. The van der Waals surface area contributed by atoms with Gasteiger partial charge in [-0.3, -0.25) is 9.78 Å². The number of benzene rings is 1. The van der Waals surface area contributed by atoms with Gasteiger partial charge >= 0.3 is 0 Å². The third-order valence-electron chi connectivity index (χ3n) is 3.32. The minimum absolute atomic E-state index is 0.103. The molecule has 21 heavy (non-hydrogen) atoms. The first-order valence-corrected chi connectivity index (χ1v) is 7.42. The van der Waals surface area contributed by atoms with Crippen molar-refractivity contribution in [2.45, 2.75) is 9.79 Å². The van der Waals surface area contributed by atoms with Crippen LogP contribution in [0, 0.1) is 0 Å². The second-order valence-electron chi connectivity index (χ2n) is 4.60. The molecule has 0 unspecified atom stereocenters. The number of hydrogen-bond acceptors (Lipinski definition) is 3. The van der Waals surface area contributed by atoms with E-state index in [-0.39, 0.29) is 5.91 Å². The smallest absolute Gasteiger partial charge is 0.268 e. The maximum Gasteiger partial charge on any atom is 0.268 e. The van der Waals surface area contributed by atoms with Crippen LogP contribution in [0.1, 0.15) is 10.5 Å². The lowest BCUT2D eigenvalue weighted by atomic mass is 10.3. The van der Waals surface area contributed by atoms with E-state index in [1.165, 1.54) is 0 Å². The molecule has 0 atom stereocenters. The molecular weight excluding hydrogens is 282 g/mol. The number of nitrogens with one attached hydrogen (secondary N) is 1. The largest absolute Gasteiger partial charge is 0.354 e. The van der Waals surface area contributed by atoms with Gasteiger partial charge in [0.2, 0.25) is 0 Å². The Labute approximate surface area is 127 Å². The van der Waals surface area contributed by atoms with Crippen LogP contribution < -0.4 is 5.32 Å². The zero-order chi connectivity index (χ0) is 14.8. The van der Waals surface area contributed by atoms with E-state index in [1.807, 2.05) is 54.1 Å². The van der Waals surface area contributed by atoms with Crippen molar-refractivity contribution in [3.05, 3.63) is 54.4 Å². The lowest BCUT2D eigenvalue weighted by Crippen LogP contribution is -2.21. The number of amides is 1. The van der Waals surface area contributed by atoms with Crippen molar-refractivity contribution in [2.75, 3.05) is 7.05 Å². The van der Waals surface area contributed by atoms with Crippen LogP contribution in [0.25, 0.3) is 11.0 Å². The molecule has 0 aliphatic heterocycles. The lowest BCUT2D eigenvalue weighted by molar-refractivity contribution is 0.0952. The second kappa shape index (κ2) is 5.61. The Hall–Kier alpha value is -2.27. The maximum atomic E-state index is 12.2. The summed E-state index contributed by atoms with van der Waals surface area (Å²) in [5, 5.41) is 2.71. The molecule has 0 saturated heterocycles. The van der Waals surface area contributed by atoms with E-state index in [0.717, 1.165) is 20.8 Å². The van der Waals surface area contributed by atoms with E-state index in [1.54, 1.807) is 25.0 Å². The lowest BCUT2D eigenvalue weighted by Gasteiger charge is -2.06. The van der Waals surface area contributed by atoms with Gasteiger partial charge < -0.3 is 9.88 Å². The molecule has 2 heterocycles. The van der Waals surface area contributed by atoms with Gasteiger partial charge in [0.25, 0.3) is 5.91 Å². The molecule has 3 aromatic rings. The molecular formula is C16H15N3OS. The topological polar surface area (TPSA) is 46.9 Å². The minimum atomic E-state index is -0.103. The van der Waals surface area contributed by atoms with Crippen molar-refractivity contribution < 1.29 is 4.79 Å². The highest BCUT2D eigenvalue weighted by Gasteiger charge is 2.21. The summed E-state index contributed by atoms with van der Waals surface area (Å²) < 4.78 is 1.90. The van der Waals surface area contributed by atoms with Gasteiger partial charge in [0, 0.05) is 25.2 Å². The van der Waals surface area contributed by atoms with Crippen LogP contribution in [0.15, 0.2) is 58.5 Å². The standard InChI is InChI=1S/C16H15N3OS/c1-17-16(20)14-15(21-11-7-4-3-5-8-11)13-12(19(14)2)9-6-10-18-13/h3-10H,1-2H3,(H,17,20). The number of aromatic nitrogens is 2. The van der Waals surface area contributed by atoms with Gasteiger partial charge in [-0.2, -0.15) is 0 Å². The third-order valence-corrected chi connectivity index (χ3v) is 4.42. The number of carbonyl (C=O) groups is 1. The van der Waals surface area contributed by atoms with Gasteiger partial charge in [-0.1, -0.05) is 30.0 Å². The number of aryl methyl sites for hydroxylation is 1. The van der Waals surface area contributed by atoms with Crippen molar-refractivity contribution in [3.63, 3.8) is 0 Å². The Morgan fingerprint density at radius 1 is 1.19 bits per heavy atom. The molecule has 1 aromatic carbocycles. The van der Waals surface area contributed by atoms with Crippen LogP contribution in [0.2, 0.25) is 0 Å². The summed E-state index contributed by atoms with van der Waals surface area (Å²) in [5.41, 5.74) is 2.45. The van der Waals surface area contributed by atoms with E-state index < -0.39 is 0 Å². The van der Waals surface area contributed by atoms with Crippen molar-refractivity contribution in [1.29, 1.82) is 0 Å². The molecule has 0 aliphatic carbocycles. The zero-order valence-corrected chi connectivity index (χ0v) is 12.6. The highest BCUT2D eigenvalue weighted by atomic mass is 32.2. The number of nitrogens with zero attached hydrogens (tertiary/aromatic N) is 2. The average molecular weight is 297 g/mol. The zero-order valence-electron chi connectivity index (χ0n) is 11.8. The number of pyridine rings is 1. The van der Waals surface area contributed by atoms with Crippen LogP contribution in [-0.4, -0.2) is 22.5 Å². The number of hydrogen-bond donors (Lipinski definition) is 1. The highest BCUT2D eigenvalue weighted by Crippen LogP contribution is 2.36. The Kier molecular flexibility index (Phi) is 3.66. The number of rotatable bonds is 3. The van der Waals surface area contributed by atoms with Crippen molar-refractivity contribution in [1.82, 2.24) is 14.9 Å². The first-order chi connectivity index (χ1) is 10.2. The van der Waals surface area contributed by atoms with Crippen molar-refractivity contribution in [3.8, 4) is 0 Å². The van der Waals surface area contributed by atoms with E-state index in [2.05, 4.69) is 10.3 Å². The van der Waals surface area contributed by atoms with Gasteiger partial charge in [0.1, 0.15) is 11.2 Å². The van der Waals surface area contributed by atoms with E-state index in [4.69, 9.17) is 0 Å². The molecule has 0 aliphatic rings. The second-order valence-corrected chi connectivity index (χ2v) is 5.69. The molecule has 106 valence electrons. The average Bonchev–Trinajstić information content (AvgIpc) is 2.81. The summed E-state index contributed by atoms with van der Waals surface area (Å²) in [4.78, 5) is 18.7. The maximum absolute atomic E-state index is 12.2. The van der Waals surface area contributed by atoms with Gasteiger partial charge in [-0.15, -0.1) is 0 Å². The summed E-state index contributed by atoms with van der Waals surface area (Å²) in [6.45, 7) is 0. The molecule has 5 heteroatoms. The summed E-state index contributed by atoms with van der Waals surface area (Å²) in [5.74, 6) is -0.103. The van der Waals surface area contributed by atoms with Crippen molar-refractivity contribution >= 4 is 28.7 Å². The molecule has 0 saturated carbocycles. The number of fused-ring (bicyclic) bond motifs is 1. The highest BCUT2D eigenvalue weighted by molar-refractivity contribution is 7.99. The van der Waals surface area contributed by atoms with Crippen LogP contribution >= 0.6 is 11.8 Å². The van der Waals surface area contributed by atoms with Crippen LogP contribution in [0.5, 0.6) is 0 Å². The fourth-order valence-electron chi connectivity index (χ4n) is 2.30. The predicted molar refractivity (Wildman–Crippen MR) is 84.7 cm³/mol. The summed E-state index contributed by atoms with van der Waals surface area (Å²) in [6.07, 6.45) is 1.75.